The van der Waals surface area contributed by atoms with Gasteiger partial charge in [0.2, 0.25) is 0 Å². The molecule has 8 nitrogen and oxygen atoms in total. The molecule has 0 unspecified atom stereocenters. The molecule has 0 aliphatic carbocycles. The van der Waals surface area contributed by atoms with Gasteiger partial charge in [-0.05, 0) is 36.4 Å². The van der Waals surface area contributed by atoms with Crippen LogP contribution in [0.4, 0.5) is 16.2 Å². The van der Waals surface area contributed by atoms with E-state index < -0.39 is 22.8 Å². The molecular weight excluding hydrogens is 442 g/mol. The molecule has 0 bridgehead atoms. The molecule has 3 rings (SSSR count). The molecule has 0 radical (unpaired) electrons. The smallest absolute Gasteiger partial charge is 0.273 e. The number of hydrogen-bond donors (Lipinski definition) is 1. The number of urea groups is 1. The molecule has 4 amide bonds. The zero-order chi connectivity index (χ0) is 19.7. The highest BCUT2D eigenvalue weighted by Crippen LogP contribution is 2.27. The maximum atomic E-state index is 12.8. The molecule has 2 aromatic carbocycles. The van der Waals surface area contributed by atoms with Gasteiger partial charge < -0.3 is 0 Å². The van der Waals surface area contributed by atoms with Crippen LogP contribution in [0.2, 0.25) is 5.02 Å². The number of nitro groups is 1. The predicted molar refractivity (Wildman–Crippen MR) is 101 cm³/mol. The van der Waals surface area contributed by atoms with Gasteiger partial charge in [0.25, 0.3) is 17.5 Å². The van der Waals surface area contributed by atoms with Crippen molar-refractivity contribution in [2.45, 2.75) is 0 Å². The van der Waals surface area contributed by atoms with Gasteiger partial charge in [-0.15, -0.1) is 0 Å². The fourth-order valence-electron chi connectivity index (χ4n) is 2.39. The summed E-state index contributed by atoms with van der Waals surface area (Å²) in [6, 6.07) is 9.04. The van der Waals surface area contributed by atoms with Crippen molar-refractivity contribution in [2.24, 2.45) is 0 Å². The summed E-state index contributed by atoms with van der Waals surface area (Å²) in [6.45, 7) is 0. The van der Waals surface area contributed by atoms with Gasteiger partial charge in [-0.25, -0.2) is 9.69 Å². The number of carbonyl (C=O) groups is 3. The van der Waals surface area contributed by atoms with Crippen molar-refractivity contribution in [3.8, 4) is 0 Å². The monoisotopic (exact) mass is 449 g/mol. The number of amides is 4. The van der Waals surface area contributed by atoms with Gasteiger partial charge in [-0.2, -0.15) is 0 Å². The molecule has 27 heavy (non-hydrogen) atoms. The number of nitrogens with one attached hydrogen (secondary N) is 1. The Morgan fingerprint density at radius 3 is 2.41 bits per heavy atom. The van der Waals surface area contributed by atoms with E-state index in [0.717, 1.165) is 21.5 Å². The lowest BCUT2D eigenvalue weighted by Crippen LogP contribution is -2.54. The number of nitrogens with zero attached hydrogens (tertiary/aromatic N) is 2. The maximum absolute atomic E-state index is 12.8. The van der Waals surface area contributed by atoms with E-state index in [1.54, 1.807) is 12.1 Å². The molecular formula is C17H9BrClN3O5. The zero-order valence-electron chi connectivity index (χ0n) is 13.3. The summed E-state index contributed by atoms with van der Waals surface area (Å²) < 4.78 is 0.742. The molecule has 1 aliphatic rings. The normalized spacial score (nSPS) is 15.9. The fourth-order valence-corrected chi connectivity index (χ4v) is 2.83. The second-order valence-corrected chi connectivity index (χ2v) is 6.72. The second kappa shape index (κ2) is 7.29. The van der Waals surface area contributed by atoms with Crippen LogP contribution in [0, 0.1) is 10.1 Å². The predicted octanol–water partition coefficient (Wildman–Crippen LogP) is 3.68. The lowest BCUT2D eigenvalue weighted by Gasteiger charge is -2.26. The average molecular weight is 451 g/mol. The Balaban J connectivity index is 2.06. The number of non-ortho nitro benzene ring substituents is 1. The van der Waals surface area contributed by atoms with Crippen LogP contribution in [0.1, 0.15) is 5.56 Å². The van der Waals surface area contributed by atoms with Crippen LogP contribution in [-0.2, 0) is 9.59 Å². The first-order valence-corrected chi connectivity index (χ1v) is 8.56. The molecule has 136 valence electrons. The van der Waals surface area contributed by atoms with Gasteiger partial charge in [0, 0.05) is 27.2 Å². The molecule has 1 heterocycles. The molecule has 1 fully saturated rings. The minimum Gasteiger partial charge on any atom is -0.273 e. The van der Waals surface area contributed by atoms with E-state index >= 15 is 0 Å². The van der Waals surface area contributed by atoms with E-state index in [4.69, 9.17) is 11.6 Å². The Hall–Kier alpha value is -3.04. The van der Waals surface area contributed by atoms with E-state index in [2.05, 4.69) is 21.2 Å². The number of barbiturate groups is 1. The first-order chi connectivity index (χ1) is 12.8. The van der Waals surface area contributed by atoms with Crippen molar-refractivity contribution >= 4 is 62.8 Å². The fraction of sp³-hybridized carbons (Fsp3) is 0. The number of carbonyl (C=O) groups excluding carboxylic acids is 3. The topological polar surface area (TPSA) is 110 Å². The molecule has 1 N–H and O–H groups in total. The lowest BCUT2D eigenvalue weighted by atomic mass is 10.1. The quantitative estimate of drug-likeness (QED) is 0.332. The Bertz CT molecular complexity index is 1020. The molecule has 1 saturated heterocycles. The molecule has 1 aliphatic heterocycles. The highest BCUT2D eigenvalue weighted by molar-refractivity contribution is 9.10. The molecule has 0 atom stereocenters. The molecule has 0 spiro atoms. The Morgan fingerprint density at radius 2 is 1.78 bits per heavy atom. The van der Waals surface area contributed by atoms with E-state index in [-0.39, 0.29) is 27.5 Å². The lowest BCUT2D eigenvalue weighted by molar-refractivity contribution is -0.384. The average Bonchev–Trinajstić information content (AvgIpc) is 2.61. The molecule has 0 saturated carbocycles. The zero-order valence-corrected chi connectivity index (χ0v) is 15.7. The summed E-state index contributed by atoms with van der Waals surface area (Å²) in [5, 5.41) is 13.1. The number of halogens is 2. The van der Waals surface area contributed by atoms with Gasteiger partial charge >= 0.3 is 6.03 Å². The first kappa shape index (κ1) is 18.7. The van der Waals surface area contributed by atoms with Gasteiger partial charge in [0.15, 0.2) is 0 Å². The number of benzene rings is 2. The van der Waals surface area contributed by atoms with Crippen molar-refractivity contribution in [1.82, 2.24) is 5.32 Å². The number of hydrogen-bond acceptors (Lipinski definition) is 5. The Labute approximate surface area is 165 Å². The van der Waals surface area contributed by atoms with Crippen LogP contribution in [0.5, 0.6) is 0 Å². The molecule has 10 heteroatoms. The van der Waals surface area contributed by atoms with E-state index in [1.165, 1.54) is 24.3 Å². The van der Waals surface area contributed by atoms with Crippen LogP contribution in [0.25, 0.3) is 6.08 Å². The van der Waals surface area contributed by atoms with Gasteiger partial charge in [0.05, 0.1) is 10.6 Å². The second-order valence-electron chi connectivity index (χ2n) is 5.40. The van der Waals surface area contributed by atoms with Gasteiger partial charge in [-0.3, -0.25) is 25.0 Å². The molecule has 2 aromatic rings. The highest BCUT2D eigenvalue weighted by Gasteiger charge is 2.37. The third kappa shape index (κ3) is 3.74. The molecule has 0 aromatic heterocycles. The standard InChI is InChI=1S/C17H9BrClN3O5/c18-10-1-3-11(4-2-10)21-16(24)13(15(23)20-17(21)25)8-9-7-12(22(26)27)5-6-14(9)19/h1-8H,(H,20,23,25)/b13-8+. The van der Waals surface area contributed by atoms with E-state index in [1.807, 2.05) is 0 Å². The highest BCUT2D eigenvalue weighted by atomic mass is 79.9. The summed E-state index contributed by atoms with van der Waals surface area (Å²) in [6.07, 6.45) is 1.12. The number of rotatable bonds is 3. The maximum Gasteiger partial charge on any atom is 0.335 e. The van der Waals surface area contributed by atoms with Crippen LogP contribution < -0.4 is 10.2 Å². The summed E-state index contributed by atoms with van der Waals surface area (Å²) in [7, 11) is 0. The summed E-state index contributed by atoms with van der Waals surface area (Å²) in [5.41, 5.74) is -0.269. The van der Waals surface area contributed by atoms with E-state index in [0.29, 0.717) is 0 Å². The van der Waals surface area contributed by atoms with Crippen LogP contribution in [0.15, 0.2) is 52.5 Å². The van der Waals surface area contributed by atoms with Crippen LogP contribution >= 0.6 is 27.5 Å². The van der Waals surface area contributed by atoms with Crippen molar-refractivity contribution in [3.05, 3.63) is 73.2 Å². The van der Waals surface area contributed by atoms with Crippen LogP contribution in [-0.4, -0.2) is 22.8 Å². The van der Waals surface area contributed by atoms with Gasteiger partial charge in [0.1, 0.15) is 5.57 Å². The number of anilines is 1. The summed E-state index contributed by atoms with van der Waals surface area (Å²) in [4.78, 5) is 48.1. The Morgan fingerprint density at radius 1 is 1.11 bits per heavy atom. The Kier molecular flexibility index (Phi) is 5.06. The third-order valence-electron chi connectivity index (χ3n) is 3.68. The van der Waals surface area contributed by atoms with Crippen LogP contribution in [0.3, 0.4) is 0 Å². The minimum atomic E-state index is -0.916. The van der Waals surface area contributed by atoms with Gasteiger partial charge in [-0.1, -0.05) is 27.5 Å². The number of nitro benzene ring substituents is 1. The summed E-state index contributed by atoms with van der Waals surface area (Å²) in [5.74, 6) is -1.78. The van der Waals surface area contributed by atoms with Crippen molar-refractivity contribution in [1.29, 1.82) is 0 Å². The largest absolute Gasteiger partial charge is 0.335 e. The summed E-state index contributed by atoms with van der Waals surface area (Å²) >= 11 is 9.27. The minimum absolute atomic E-state index is 0.106. The van der Waals surface area contributed by atoms with Crippen molar-refractivity contribution in [3.63, 3.8) is 0 Å². The van der Waals surface area contributed by atoms with E-state index in [9.17, 15) is 24.5 Å². The van der Waals surface area contributed by atoms with Crippen molar-refractivity contribution in [2.75, 3.05) is 4.90 Å². The third-order valence-corrected chi connectivity index (χ3v) is 4.55. The SMILES string of the molecule is O=C1NC(=O)N(c2ccc(Br)cc2)C(=O)/C1=C/c1cc([N+](=O)[O-])ccc1Cl. The van der Waals surface area contributed by atoms with Crippen molar-refractivity contribution < 1.29 is 19.3 Å². The first-order valence-electron chi connectivity index (χ1n) is 7.39. The number of imide groups is 2.